The van der Waals surface area contributed by atoms with Gasteiger partial charge in [0.25, 0.3) is 0 Å². The van der Waals surface area contributed by atoms with E-state index < -0.39 is 0 Å². The lowest BCUT2D eigenvalue weighted by Gasteiger charge is -2.17. The van der Waals surface area contributed by atoms with Crippen LogP contribution < -0.4 is 5.73 Å². The van der Waals surface area contributed by atoms with E-state index in [0.29, 0.717) is 11.7 Å². The fraction of sp³-hybridized carbons (Fsp3) is 0.800. The number of hydrogen-bond donors (Lipinski definition) is 2. The SMILES string of the molecule is CCCC(C)C(N)C/C=C(/C)O. The Balaban J connectivity index is 3.70. The average Bonchev–Trinajstić information content (AvgIpc) is 2.00. The smallest absolute Gasteiger partial charge is 0.0852 e. The summed E-state index contributed by atoms with van der Waals surface area (Å²) in [6.45, 7) is 6.00. The molecule has 0 saturated carbocycles. The Bertz CT molecular complexity index is 139. The van der Waals surface area contributed by atoms with E-state index in [1.54, 1.807) is 13.0 Å². The van der Waals surface area contributed by atoms with E-state index in [1.807, 2.05) is 0 Å². The number of hydrogen-bond acceptors (Lipinski definition) is 2. The zero-order valence-electron chi connectivity index (χ0n) is 8.38. The highest BCUT2D eigenvalue weighted by Crippen LogP contribution is 2.12. The molecule has 0 aromatic carbocycles. The van der Waals surface area contributed by atoms with Crippen LogP contribution in [0.3, 0.4) is 0 Å². The zero-order valence-corrected chi connectivity index (χ0v) is 8.38. The van der Waals surface area contributed by atoms with Crippen molar-refractivity contribution in [3.05, 3.63) is 11.8 Å². The summed E-state index contributed by atoms with van der Waals surface area (Å²) >= 11 is 0. The lowest BCUT2D eigenvalue weighted by molar-refractivity contribution is 0.395. The van der Waals surface area contributed by atoms with Gasteiger partial charge in [0.05, 0.1) is 5.76 Å². The third-order valence-corrected chi connectivity index (χ3v) is 2.16. The van der Waals surface area contributed by atoms with Gasteiger partial charge < -0.3 is 10.8 Å². The topological polar surface area (TPSA) is 46.2 Å². The van der Waals surface area contributed by atoms with Gasteiger partial charge in [-0.15, -0.1) is 0 Å². The molecule has 2 atom stereocenters. The molecule has 0 aliphatic heterocycles. The van der Waals surface area contributed by atoms with Gasteiger partial charge >= 0.3 is 0 Å². The van der Waals surface area contributed by atoms with Crippen LogP contribution in [0.25, 0.3) is 0 Å². The average molecular weight is 171 g/mol. The van der Waals surface area contributed by atoms with Crippen LogP contribution in [0.4, 0.5) is 0 Å². The standard InChI is InChI=1S/C10H21NO/c1-4-5-8(2)10(11)7-6-9(3)12/h6,8,10,12H,4-5,7,11H2,1-3H3/b9-6-. The number of rotatable bonds is 5. The van der Waals surface area contributed by atoms with Crippen molar-refractivity contribution >= 4 is 0 Å². The summed E-state index contributed by atoms with van der Waals surface area (Å²) in [5.74, 6) is 0.916. The Kier molecular flexibility index (Phi) is 5.81. The molecule has 0 aromatic heterocycles. The van der Waals surface area contributed by atoms with Crippen LogP contribution in [0.1, 0.15) is 40.0 Å². The van der Waals surface area contributed by atoms with Crippen LogP contribution in [-0.4, -0.2) is 11.1 Å². The molecule has 0 aromatic rings. The summed E-state index contributed by atoms with van der Waals surface area (Å²) in [5, 5.41) is 8.92. The first-order valence-electron chi connectivity index (χ1n) is 4.69. The Morgan fingerprint density at radius 2 is 2.17 bits per heavy atom. The minimum Gasteiger partial charge on any atom is -0.513 e. The van der Waals surface area contributed by atoms with Crippen LogP contribution in [0, 0.1) is 5.92 Å². The van der Waals surface area contributed by atoms with Crippen molar-refractivity contribution in [3.63, 3.8) is 0 Å². The van der Waals surface area contributed by atoms with Gasteiger partial charge in [0, 0.05) is 6.04 Å². The quantitative estimate of drug-likeness (QED) is 0.624. The highest BCUT2D eigenvalue weighted by molar-refractivity contribution is 4.89. The molecule has 0 amide bonds. The van der Waals surface area contributed by atoms with E-state index in [2.05, 4.69) is 13.8 Å². The summed E-state index contributed by atoms with van der Waals surface area (Å²) in [7, 11) is 0. The van der Waals surface area contributed by atoms with Crippen molar-refractivity contribution in [1.82, 2.24) is 0 Å². The van der Waals surface area contributed by atoms with Gasteiger partial charge in [-0.05, 0) is 31.8 Å². The first-order chi connectivity index (χ1) is 5.57. The van der Waals surface area contributed by atoms with Gasteiger partial charge in [-0.2, -0.15) is 0 Å². The van der Waals surface area contributed by atoms with E-state index in [4.69, 9.17) is 10.8 Å². The molecule has 0 bridgehead atoms. The molecule has 0 saturated heterocycles. The van der Waals surface area contributed by atoms with Crippen LogP contribution in [-0.2, 0) is 0 Å². The number of allylic oxidation sites excluding steroid dienone is 1. The molecule has 72 valence electrons. The Labute approximate surface area is 75.5 Å². The van der Waals surface area contributed by atoms with Crippen molar-refractivity contribution in [2.75, 3.05) is 0 Å². The van der Waals surface area contributed by atoms with Crippen LogP contribution in [0.2, 0.25) is 0 Å². The fourth-order valence-corrected chi connectivity index (χ4v) is 1.21. The van der Waals surface area contributed by atoms with E-state index in [-0.39, 0.29) is 6.04 Å². The Morgan fingerprint density at radius 1 is 1.58 bits per heavy atom. The summed E-state index contributed by atoms with van der Waals surface area (Å²) in [4.78, 5) is 0. The molecule has 0 heterocycles. The number of aliphatic hydroxyl groups is 1. The molecule has 2 heteroatoms. The molecule has 3 N–H and O–H groups in total. The molecule has 0 aliphatic carbocycles. The molecule has 0 spiro atoms. The molecular formula is C10H21NO. The predicted molar refractivity (Wildman–Crippen MR) is 53.1 cm³/mol. The Hall–Kier alpha value is -0.500. The van der Waals surface area contributed by atoms with Crippen LogP contribution >= 0.6 is 0 Å². The first-order valence-corrected chi connectivity index (χ1v) is 4.69. The minimum absolute atomic E-state index is 0.187. The maximum atomic E-state index is 8.92. The molecule has 0 fully saturated rings. The maximum Gasteiger partial charge on any atom is 0.0852 e. The van der Waals surface area contributed by atoms with E-state index in [0.717, 1.165) is 6.42 Å². The molecule has 2 nitrogen and oxygen atoms in total. The van der Waals surface area contributed by atoms with Crippen LogP contribution in [0.15, 0.2) is 11.8 Å². The van der Waals surface area contributed by atoms with Gasteiger partial charge in [-0.1, -0.05) is 20.3 Å². The Morgan fingerprint density at radius 3 is 2.58 bits per heavy atom. The fourth-order valence-electron chi connectivity index (χ4n) is 1.21. The highest BCUT2D eigenvalue weighted by Gasteiger charge is 2.09. The highest BCUT2D eigenvalue weighted by atomic mass is 16.3. The second kappa shape index (κ2) is 6.06. The van der Waals surface area contributed by atoms with E-state index >= 15 is 0 Å². The largest absolute Gasteiger partial charge is 0.513 e. The lowest BCUT2D eigenvalue weighted by Crippen LogP contribution is -2.27. The summed E-state index contributed by atoms with van der Waals surface area (Å²) in [6, 6.07) is 0.187. The summed E-state index contributed by atoms with van der Waals surface area (Å²) < 4.78 is 0. The normalized spacial score (nSPS) is 17.5. The van der Waals surface area contributed by atoms with Gasteiger partial charge in [0.1, 0.15) is 0 Å². The summed E-state index contributed by atoms with van der Waals surface area (Å²) in [5.41, 5.74) is 5.90. The zero-order chi connectivity index (χ0) is 9.56. The maximum absolute atomic E-state index is 8.92. The molecule has 0 aliphatic rings. The van der Waals surface area contributed by atoms with Gasteiger partial charge in [-0.25, -0.2) is 0 Å². The summed E-state index contributed by atoms with van der Waals surface area (Å²) in [6.07, 6.45) is 4.91. The number of nitrogens with two attached hydrogens (primary N) is 1. The number of aliphatic hydroxyl groups excluding tert-OH is 1. The minimum atomic E-state index is 0.187. The second-order valence-corrected chi connectivity index (χ2v) is 3.51. The second-order valence-electron chi connectivity index (χ2n) is 3.51. The monoisotopic (exact) mass is 171 g/mol. The first kappa shape index (κ1) is 11.5. The predicted octanol–water partition coefficient (Wildman–Crippen LogP) is 2.60. The van der Waals surface area contributed by atoms with Gasteiger partial charge in [0.15, 0.2) is 0 Å². The van der Waals surface area contributed by atoms with Crippen molar-refractivity contribution in [1.29, 1.82) is 0 Å². The molecule has 0 radical (unpaired) electrons. The van der Waals surface area contributed by atoms with E-state index in [1.165, 1.54) is 12.8 Å². The molecular weight excluding hydrogens is 150 g/mol. The van der Waals surface area contributed by atoms with E-state index in [9.17, 15) is 0 Å². The van der Waals surface area contributed by atoms with Crippen LogP contribution in [0.5, 0.6) is 0 Å². The molecule has 0 rings (SSSR count). The third-order valence-electron chi connectivity index (χ3n) is 2.16. The molecule has 12 heavy (non-hydrogen) atoms. The van der Waals surface area contributed by atoms with Crippen molar-refractivity contribution in [3.8, 4) is 0 Å². The van der Waals surface area contributed by atoms with Crippen molar-refractivity contribution in [2.24, 2.45) is 11.7 Å². The lowest BCUT2D eigenvalue weighted by atomic mass is 9.95. The van der Waals surface area contributed by atoms with Crippen molar-refractivity contribution < 1.29 is 5.11 Å². The van der Waals surface area contributed by atoms with Crippen molar-refractivity contribution in [2.45, 2.75) is 46.1 Å². The third kappa shape index (κ3) is 5.19. The molecule has 2 unspecified atom stereocenters. The van der Waals surface area contributed by atoms with Gasteiger partial charge in [-0.3, -0.25) is 0 Å². The van der Waals surface area contributed by atoms with Gasteiger partial charge in [0.2, 0.25) is 0 Å².